The number of hydrogen-bond acceptors (Lipinski definition) is 11. The lowest BCUT2D eigenvalue weighted by atomic mass is 10.1. The van der Waals surface area contributed by atoms with Crippen LogP contribution in [-0.4, -0.2) is 74.0 Å². The summed E-state index contributed by atoms with van der Waals surface area (Å²) in [6.07, 6.45) is 1.73. The molecule has 0 aliphatic heterocycles. The number of aromatic nitrogens is 3. The van der Waals surface area contributed by atoms with Crippen LogP contribution < -0.4 is 31.7 Å². The van der Waals surface area contributed by atoms with E-state index in [1.54, 1.807) is 25.3 Å². The molecule has 0 radical (unpaired) electrons. The zero-order chi connectivity index (χ0) is 28.4. The molecule has 1 heterocycles. The van der Waals surface area contributed by atoms with Crippen molar-refractivity contribution in [1.29, 1.82) is 0 Å². The van der Waals surface area contributed by atoms with Crippen LogP contribution in [0.15, 0.2) is 61.2 Å². The Hall–Kier alpha value is -4.26. The highest BCUT2D eigenvalue weighted by Gasteiger charge is 2.08. The smallest absolute Gasteiger partial charge is 0.251 e. The Morgan fingerprint density at radius 1 is 0.875 bits per heavy atom. The monoisotopic (exact) mass is 550 g/mol. The molecule has 0 saturated heterocycles. The van der Waals surface area contributed by atoms with Gasteiger partial charge in [0.25, 0.3) is 5.91 Å². The van der Waals surface area contributed by atoms with E-state index in [-0.39, 0.29) is 5.91 Å². The van der Waals surface area contributed by atoms with Crippen molar-refractivity contribution in [1.82, 2.24) is 20.3 Å². The molecule has 0 aliphatic carbocycles. The van der Waals surface area contributed by atoms with E-state index >= 15 is 0 Å². The standard InChI is InChI=1S/C28H38N8O4/c1-3-12-31-26-34-27(36-28(35-26)33-20-22-5-4-6-24(18-22)38-2)32-19-21-7-9-23(10-8-21)25(37)30-13-15-40-17-16-39-14-11-29/h3-10,18H,1,11-17,19-20,29H2,2H3,(H,30,37)(H3,31,32,33,34,35,36). The molecule has 214 valence electrons. The topological polar surface area (TPSA) is 158 Å². The predicted octanol–water partition coefficient (Wildman–Crippen LogP) is 2.42. The third kappa shape index (κ3) is 10.8. The lowest BCUT2D eigenvalue weighted by Crippen LogP contribution is -2.27. The Morgan fingerprint density at radius 2 is 1.52 bits per heavy atom. The zero-order valence-corrected chi connectivity index (χ0v) is 22.8. The lowest BCUT2D eigenvalue weighted by molar-refractivity contribution is 0.0511. The van der Waals surface area contributed by atoms with Gasteiger partial charge >= 0.3 is 0 Å². The number of hydrogen-bond donors (Lipinski definition) is 5. The molecular formula is C28H38N8O4. The van der Waals surface area contributed by atoms with E-state index < -0.39 is 0 Å². The summed E-state index contributed by atoms with van der Waals surface area (Å²) in [5.41, 5.74) is 7.91. The molecule has 3 aromatic rings. The minimum Gasteiger partial charge on any atom is -0.497 e. The van der Waals surface area contributed by atoms with Crippen molar-refractivity contribution in [2.24, 2.45) is 5.73 Å². The molecule has 0 bridgehead atoms. The van der Waals surface area contributed by atoms with Crippen LogP contribution in [0.5, 0.6) is 5.75 Å². The first-order chi connectivity index (χ1) is 19.6. The first-order valence-corrected chi connectivity index (χ1v) is 13.1. The van der Waals surface area contributed by atoms with Crippen molar-refractivity contribution < 1.29 is 19.0 Å². The fourth-order valence-corrected chi connectivity index (χ4v) is 3.44. The van der Waals surface area contributed by atoms with Crippen LogP contribution in [0.4, 0.5) is 17.8 Å². The number of carbonyl (C=O) groups excluding carboxylic acids is 1. The summed E-state index contributed by atoms with van der Waals surface area (Å²) in [5, 5.41) is 12.4. The molecule has 0 unspecified atom stereocenters. The molecule has 2 aromatic carbocycles. The number of nitrogens with one attached hydrogen (secondary N) is 4. The molecule has 12 heteroatoms. The SMILES string of the molecule is C=CCNc1nc(NCc2ccc(C(=O)NCCOCCOCCN)cc2)nc(NCc2cccc(OC)c2)n1. The summed E-state index contributed by atoms with van der Waals surface area (Å²) in [4.78, 5) is 25.8. The molecule has 0 spiro atoms. The van der Waals surface area contributed by atoms with Gasteiger partial charge in [-0.2, -0.15) is 15.0 Å². The third-order valence-electron chi connectivity index (χ3n) is 5.46. The van der Waals surface area contributed by atoms with Crippen LogP contribution in [0.25, 0.3) is 0 Å². The molecule has 6 N–H and O–H groups in total. The Bertz CT molecular complexity index is 1190. The minimum absolute atomic E-state index is 0.162. The largest absolute Gasteiger partial charge is 0.497 e. The summed E-state index contributed by atoms with van der Waals surface area (Å²) in [7, 11) is 1.64. The Morgan fingerprint density at radius 3 is 2.17 bits per heavy atom. The first kappa shape index (κ1) is 30.3. The Labute approximate surface area is 234 Å². The summed E-state index contributed by atoms with van der Waals surface area (Å²) in [6, 6.07) is 15.1. The Kier molecular flexibility index (Phi) is 13.1. The third-order valence-corrected chi connectivity index (χ3v) is 5.46. The average molecular weight is 551 g/mol. The molecule has 0 atom stereocenters. The van der Waals surface area contributed by atoms with Crippen LogP contribution in [0.3, 0.4) is 0 Å². The summed E-state index contributed by atoms with van der Waals surface area (Å²) < 4.78 is 15.9. The van der Waals surface area contributed by atoms with Gasteiger partial charge in [0.15, 0.2) is 0 Å². The van der Waals surface area contributed by atoms with Crippen molar-refractivity contribution in [2.75, 3.05) is 69.1 Å². The predicted molar refractivity (Wildman–Crippen MR) is 156 cm³/mol. The number of nitrogens with zero attached hydrogens (tertiary/aromatic N) is 3. The number of benzene rings is 2. The quantitative estimate of drug-likeness (QED) is 0.110. The molecular weight excluding hydrogens is 512 g/mol. The number of anilines is 3. The highest BCUT2D eigenvalue weighted by Crippen LogP contribution is 2.15. The van der Waals surface area contributed by atoms with E-state index in [1.807, 2.05) is 36.4 Å². The molecule has 0 aliphatic rings. The Balaban J connectivity index is 1.50. The van der Waals surface area contributed by atoms with Gasteiger partial charge in [-0.05, 0) is 35.4 Å². The number of rotatable bonds is 19. The second-order valence-corrected chi connectivity index (χ2v) is 8.50. The van der Waals surface area contributed by atoms with Gasteiger partial charge in [-0.3, -0.25) is 4.79 Å². The summed E-state index contributed by atoms with van der Waals surface area (Å²) >= 11 is 0. The minimum atomic E-state index is -0.162. The van der Waals surface area contributed by atoms with E-state index in [9.17, 15) is 4.79 Å². The zero-order valence-electron chi connectivity index (χ0n) is 22.8. The second kappa shape index (κ2) is 17.4. The second-order valence-electron chi connectivity index (χ2n) is 8.50. The average Bonchev–Trinajstić information content (AvgIpc) is 2.99. The molecule has 3 rings (SSSR count). The fourth-order valence-electron chi connectivity index (χ4n) is 3.44. The maximum Gasteiger partial charge on any atom is 0.251 e. The molecule has 0 saturated carbocycles. The van der Waals surface area contributed by atoms with Crippen molar-refractivity contribution in [3.63, 3.8) is 0 Å². The van der Waals surface area contributed by atoms with Crippen molar-refractivity contribution in [3.05, 3.63) is 77.9 Å². The van der Waals surface area contributed by atoms with Gasteiger partial charge < -0.3 is 41.2 Å². The maximum atomic E-state index is 12.4. The number of methoxy groups -OCH3 is 1. The first-order valence-electron chi connectivity index (χ1n) is 13.1. The molecule has 12 nitrogen and oxygen atoms in total. The molecule has 1 aromatic heterocycles. The number of amides is 1. The van der Waals surface area contributed by atoms with Crippen LogP contribution in [0, 0.1) is 0 Å². The number of nitrogens with two attached hydrogens (primary N) is 1. The van der Waals surface area contributed by atoms with Gasteiger partial charge in [0, 0.05) is 38.3 Å². The van der Waals surface area contributed by atoms with E-state index in [0.29, 0.717) is 82.6 Å². The highest BCUT2D eigenvalue weighted by molar-refractivity contribution is 5.94. The van der Waals surface area contributed by atoms with E-state index in [4.69, 9.17) is 19.9 Å². The van der Waals surface area contributed by atoms with Gasteiger partial charge in [0.1, 0.15) is 5.75 Å². The van der Waals surface area contributed by atoms with Crippen LogP contribution in [0.2, 0.25) is 0 Å². The van der Waals surface area contributed by atoms with Gasteiger partial charge in [0.2, 0.25) is 17.8 Å². The molecule has 1 amide bonds. The summed E-state index contributed by atoms with van der Waals surface area (Å²) in [6.45, 7) is 7.98. The normalized spacial score (nSPS) is 10.6. The van der Waals surface area contributed by atoms with Crippen molar-refractivity contribution in [3.8, 4) is 5.75 Å². The van der Waals surface area contributed by atoms with E-state index in [0.717, 1.165) is 16.9 Å². The molecule has 0 fully saturated rings. The van der Waals surface area contributed by atoms with Gasteiger partial charge in [0.05, 0.1) is 33.5 Å². The lowest BCUT2D eigenvalue weighted by Gasteiger charge is -2.12. The summed E-state index contributed by atoms with van der Waals surface area (Å²) in [5.74, 6) is 1.87. The van der Waals surface area contributed by atoms with Crippen LogP contribution >= 0.6 is 0 Å². The highest BCUT2D eigenvalue weighted by atomic mass is 16.5. The van der Waals surface area contributed by atoms with Crippen molar-refractivity contribution >= 4 is 23.8 Å². The van der Waals surface area contributed by atoms with E-state index in [1.165, 1.54) is 0 Å². The van der Waals surface area contributed by atoms with E-state index in [2.05, 4.69) is 42.8 Å². The van der Waals surface area contributed by atoms with Gasteiger partial charge in [-0.25, -0.2) is 0 Å². The maximum absolute atomic E-state index is 12.4. The van der Waals surface area contributed by atoms with Crippen LogP contribution in [0.1, 0.15) is 21.5 Å². The van der Waals surface area contributed by atoms with Crippen molar-refractivity contribution in [2.45, 2.75) is 13.1 Å². The number of ether oxygens (including phenoxy) is 3. The van der Waals surface area contributed by atoms with Gasteiger partial charge in [-0.15, -0.1) is 6.58 Å². The molecule has 40 heavy (non-hydrogen) atoms. The van der Waals surface area contributed by atoms with Gasteiger partial charge in [-0.1, -0.05) is 30.3 Å². The number of carbonyl (C=O) groups is 1. The van der Waals surface area contributed by atoms with Crippen LogP contribution in [-0.2, 0) is 22.6 Å². The fraction of sp³-hybridized carbons (Fsp3) is 0.357.